The summed E-state index contributed by atoms with van der Waals surface area (Å²) in [4.78, 5) is 11.7. The minimum absolute atomic E-state index is 0.119. The molecule has 0 aliphatic heterocycles. The quantitative estimate of drug-likeness (QED) is 0.583. The summed E-state index contributed by atoms with van der Waals surface area (Å²) in [5.74, 6) is 0.247. The molecule has 0 fully saturated rings. The third-order valence-corrected chi connectivity index (χ3v) is 3.67. The molecule has 23 heavy (non-hydrogen) atoms. The number of nitriles is 1. The predicted octanol–water partition coefficient (Wildman–Crippen LogP) is 4.03. The molecule has 0 aromatic heterocycles. The summed E-state index contributed by atoms with van der Waals surface area (Å²) in [7, 11) is 0. The van der Waals surface area contributed by atoms with Crippen LogP contribution in [0.1, 0.15) is 11.1 Å². The maximum atomic E-state index is 11.7. The van der Waals surface area contributed by atoms with E-state index in [1.54, 1.807) is 42.5 Å². The number of hydrogen-bond acceptors (Lipinski definition) is 4. The van der Waals surface area contributed by atoms with Gasteiger partial charge in [-0.15, -0.1) is 0 Å². The van der Waals surface area contributed by atoms with Crippen LogP contribution in [0.4, 0.5) is 0 Å². The largest absolute Gasteiger partial charge is 0.490 e. The lowest BCUT2D eigenvalue weighted by Gasteiger charge is -2.08. The van der Waals surface area contributed by atoms with Crippen molar-refractivity contribution >= 4 is 29.2 Å². The van der Waals surface area contributed by atoms with Gasteiger partial charge in [0.25, 0.3) is 0 Å². The van der Waals surface area contributed by atoms with Crippen molar-refractivity contribution in [3.8, 4) is 11.8 Å². The average molecular weight is 350 g/mol. The zero-order valence-electron chi connectivity index (χ0n) is 12.1. The van der Waals surface area contributed by atoms with E-state index in [9.17, 15) is 4.79 Å². The molecule has 0 heterocycles. The van der Waals surface area contributed by atoms with Gasteiger partial charge in [-0.05, 0) is 42.0 Å². The highest BCUT2D eigenvalue weighted by atomic mass is 35.5. The van der Waals surface area contributed by atoms with E-state index in [4.69, 9.17) is 37.9 Å². The van der Waals surface area contributed by atoms with Crippen LogP contribution in [0.15, 0.2) is 42.5 Å². The van der Waals surface area contributed by atoms with E-state index in [0.717, 1.165) is 5.56 Å². The van der Waals surface area contributed by atoms with E-state index in [-0.39, 0.29) is 25.6 Å². The second-order valence-corrected chi connectivity index (χ2v) is 5.44. The molecule has 0 saturated heterocycles. The number of hydrogen-bond donors (Lipinski definition) is 0. The lowest BCUT2D eigenvalue weighted by Crippen LogP contribution is -2.14. The molecule has 6 heteroatoms. The van der Waals surface area contributed by atoms with Crippen LogP contribution < -0.4 is 4.74 Å². The third kappa shape index (κ3) is 5.48. The Bertz CT molecular complexity index is 724. The Labute approximate surface area is 144 Å². The Kier molecular flexibility index (Phi) is 6.28. The molecule has 0 radical (unpaired) electrons. The summed E-state index contributed by atoms with van der Waals surface area (Å²) < 4.78 is 10.5. The van der Waals surface area contributed by atoms with Crippen molar-refractivity contribution in [1.29, 1.82) is 5.26 Å². The van der Waals surface area contributed by atoms with Crippen LogP contribution in [0, 0.1) is 11.3 Å². The van der Waals surface area contributed by atoms with Gasteiger partial charge in [0.1, 0.15) is 19.0 Å². The van der Waals surface area contributed by atoms with Gasteiger partial charge < -0.3 is 9.47 Å². The molecule has 2 rings (SSSR count). The van der Waals surface area contributed by atoms with Gasteiger partial charge in [-0.25, -0.2) is 0 Å². The molecule has 0 saturated carbocycles. The molecule has 0 aliphatic rings. The molecule has 0 N–H and O–H groups in total. The third-order valence-electron chi connectivity index (χ3n) is 2.93. The van der Waals surface area contributed by atoms with Crippen molar-refractivity contribution in [2.75, 3.05) is 13.2 Å². The molecule has 0 bridgehead atoms. The van der Waals surface area contributed by atoms with E-state index >= 15 is 0 Å². The van der Waals surface area contributed by atoms with E-state index in [2.05, 4.69) is 0 Å². The van der Waals surface area contributed by atoms with E-state index in [0.29, 0.717) is 21.4 Å². The first kappa shape index (κ1) is 17.1. The van der Waals surface area contributed by atoms with Crippen LogP contribution in [0.2, 0.25) is 10.0 Å². The van der Waals surface area contributed by atoms with Crippen LogP contribution in [0.5, 0.6) is 5.75 Å². The highest BCUT2D eigenvalue weighted by molar-refractivity contribution is 6.42. The van der Waals surface area contributed by atoms with Gasteiger partial charge in [0, 0.05) is 0 Å². The summed E-state index contributed by atoms with van der Waals surface area (Å²) in [6.45, 7) is 0.374. The van der Waals surface area contributed by atoms with Crippen molar-refractivity contribution in [3.63, 3.8) is 0 Å². The van der Waals surface area contributed by atoms with Gasteiger partial charge >= 0.3 is 5.97 Å². The summed E-state index contributed by atoms with van der Waals surface area (Å²) in [6, 6.07) is 13.7. The fourth-order valence-corrected chi connectivity index (χ4v) is 2.13. The molecule has 0 amide bonds. The summed E-state index contributed by atoms with van der Waals surface area (Å²) in [5, 5.41) is 9.54. The Morgan fingerprint density at radius 1 is 1.04 bits per heavy atom. The Morgan fingerprint density at radius 3 is 2.43 bits per heavy atom. The fourth-order valence-electron chi connectivity index (χ4n) is 1.81. The van der Waals surface area contributed by atoms with Gasteiger partial charge in [-0.1, -0.05) is 29.3 Å². The molecule has 0 unspecified atom stereocenters. The monoisotopic (exact) mass is 349 g/mol. The van der Waals surface area contributed by atoms with Crippen molar-refractivity contribution in [3.05, 3.63) is 63.6 Å². The lowest BCUT2D eigenvalue weighted by molar-refractivity contribution is -0.143. The number of nitrogens with zero attached hydrogens (tertiary/aromatic N) is 1. The van der Waals surface area contributed by atoms with E-state index < -0.39 is 0 Å². The lowest BCUT2D eigenvalue weighted by atomic mass is 10.1. The maximum absolute atomic E-state index is 11.7. The van der Waals surface area contributed by atoms with Gasteiger partial charge in [0.2, 0.25) is 0 Å². The number of esters is 1. The number of benzene rings is 2. The first-order valence-electron chi connectivity index (χ1n) is 6.81. The molecule has 0 atom stereocenters. The number of ether oxygens (including phenoxy) is 2. The summed E-state index contributed by atoms with van der Waals surface area (Å²) in [6.07, 6.45) is 0.119. The molecule has 2 aromatic carbocycles. The van der Waals surface area contributed by atoms with Gasteiger partial charge in [-0.3, -0.25) is 4.79 Å². The highest BCUT2D eigenvalue weighted by Gasteiger charge is 2.07. The van der Waals surface area contributed by atoms with Gasteiger partial charge in [-0.2, -0.15) is 5.26 Å². The van der Waals surface area contributed by atoms with Crippen LogP contribution in [0.25, 0.3) is 0 Å². The van der Waals surface area contributed by atoms with Crippen LogP contribution in [-0.2, 0) is 16.0 Å². The van der Waals surface area contributed by atoms with Crippen molar-refractivity contribution in [2.24, 2.45) is 0 Å². The molecular formula is C17H13Cl2NO3. The van der Waals surface area contributed by atoms with Crippen LogP contribution in [0.3, 0.4) is 0 Å². The van der Waals surface area contributed by atoms with Crippen molar-refractivity contribution in [2.45, 2.75) is 6.42 Å². The maximum Gasteiger partial charge on any atom is 0.310 e. The standard InChI is InChI=1S/C17H13Cl2NO3/c18-15-6-3-13(9-16(15)19)10-17(21)23-8-7-22-14-4-1-12(11-20)2-5-14/h1-6,9H,7-8,10H2. The Balaban J connectivity index is 1.72. The predicted molar refractivity (Wildman–Crippen MR) is 87.8 cm³/mol. The molecule has 0 spiro atoms. The SMILES string of the molecule is N#Cc1ccc(OCCOC(=O)Cc2ccc(Cl)c(Cl)c2)cc1. The normalized spacial score (nSPS) is 9.96. The Morgan fingerprint density at radius 2 is 1.78 bits per heavy atom. The van der Waals surface area contributed by atoms with Crippen LogP contribution >= 0.6 is 23.2 Å². The second kappa shape index (κ2) is 8.42. The number of rotatable bonds is 6. The van der Waals surface area contributed by atoms with Crippen molar-refractivity contribution < 1.29 is 14.3 Å². The molecule has 2 aromatic rings. The first-order valence-corrected chi connectivity index (χ1v) is 7.56. The zero-order valence-corrected chi connectivity index (χ0v) is 13.6. The topological polar surface area (TPSA) is 59.3 Å². The van der Waals surface area contributed by atoms with Crippen molar-refractivity contribution in [1.82, 2.24) is 0 Å². The molecule has 118 valence electrons. The Hall–Kier alpha value is -2.22. The number of carbonyl (C=O) groups is 1. The summed E-state index contributed by atoms with van der Waals surface area (Å²) in [5.41, 5.74) is 1.29. The van der Waals surface area contributed by atoms with E-state index in [1.807, 2.05) is 6.07 Å². The number of carbonyl (C=O) groups excluding carboxylic acids is 1. The highest BCUT2D eigenvalue weighted by Crippen LogP contribution is 2.22. The van der Waals surface area contributed by atoms with Gasteiger partial charge in [0.15, 0.2) is 0 Å². The van der Waals surface area contributed by atoms with Crippen LogP contribution in [-0.4, -0.2) is 19.2 Å². The van der Waals surface area contributed by atoms with Gasteiger partial charge in [0.05, 0.1) is 28.1 Å². The molecular weight excluding hydrogens is 337 g/mol. The zero-order chi connectivity index (χ0) is 16.7. The first-order chi connectivity index (χ1) is 11.1. The minimum atomic E-state index is -0.369. The molecule has 0 aliphatic carbocycles. The average Bonchev–Trinajstić information content (AvgIpc) is 2.55. The summed E-state index contributed by atoms with van der Waals surface area (Å²) >= 11 is 11.7. The minimum Gasteiger partial charge on any atom is -0.490 e. The molecule has 4 nitrogen and oxygen atoms in total. The smallest absolute Gasteiger partial charge is 0.310 e. The second-order valence-electron chi connectivity index (χ2n) is 4.63. The van der Waals surface area contributed by atoms with E-state index in [1.165, 1.54) is 0 Å². The fraction of sp³-hybridized carbons (Fsp3) is 0.176. The number of halogens is 2.